The van der Waals surface area contributed by atoms with Gasteiger partial charge in [-0.25, -0.2) is 4.98 Å². The molecule has 3 rings (SSSR count). The Kier molecular flexibility index (Phi) is 6.18. The second-order valence-electron chi connectivity index (χ2n) is 6.35. The number of hydrogen-bond donors (Lipinski definition) is 3. The molecule has 0 radical (unpaired) electrons. The van der Waals surface area contributed by atoms with Gasteiger partial charge >= 0.3 is 6.18 Å². The molecule has 1 heterocycles. The summed E-state index contributed by atoms with van der Waals surface area (Å²) in [5.74, 6) is 1.47. The summed E-state index contributed by atoms with van der Waals surface area (Å²) in [4.78, 5) is 11.9. The second-order valence-corrected chi connectivity index (χ2v) is 6.35. The second kappa shape index (κ2) is 8.77. The molecule has 28 heavy (non-hydrogen) atoms. The highest BCUT2D eigenvalue weighted by Crippen LogP contribution is 2.29. The number of imidazole rings is 1. The number of guanidine groups is 1. The van der Waals surface area contributed by atoms with Gasteiger partial charge in [0.15, 0.2) is 5.96 Å². The van der Waals surface area contributed by atoms with Gasteiger partial charge < -0.3 is 15.6 Å². The van der Waals surface area contributed by atoms with Gasteiger partial charge in [-0.05, 0) is 36.2 Å². The zero-order valence-electron chi connectivity index (χ0n) is 15.5. The number of aromatic nitrogens is 2. The Balaban J connectivity index is 1.45. The van der Waals surface area contributed by atoms with E-state index in [2.05, 4.69) is 25.6 Å². The van der Waals surface area contributed by atoms with Crippen molar-refractivity contribution in [1.29, 1.82) is 0 Å². The highest BCUT2D eigenvalue weighted by atomic mass is 19.4. The predicted molar refractivity (Wildman–Crippen MR) is 104 cm³/mol. The van der Waals surface area contributed by atoms with E-state index in [1.165, 1.54) is 6.07 Å². The maximum atomic E-state index is 12.8. The van der Waals surface area contributed by atoms with Crippen molar-refractivity contribution < 1.29 is 13.2 Å². The van der Waals surface area contributed by atoms with Crippen molar-refractivity contribution in [2.24, 2.45) is 4.99 Å². The largest absolute Gasteiger partial charge is 0.416 e. The first-order chi connectivity index (χ1) is 13.5. The SMILES string of the molecule is CN=C(NCCCc1nc2ccccc2[nH]1)NCc1cccc(C(F)(F)F)c1. The molecular weight excluding hydrogens is 367 g/mol. The summed E-state index contributed by atoms with van der Waals surface area (Å²) in [6, 6.07) is 13.1. The fraction of sp³-hybridized carbons (Fsp3) is 0.300. The Hall–Kier alpha value is -3.03. The van der Waals surface area contributed by atoms with E-state index in [9.17, 15) is 13.2 Å². The Bertz CT molecular complexity index is 913. The van der Waals surface area contributed by atoms with Gasteiger partial charge in [-0.2, -0.15) is 13.2 Å². The van der Waals surface area contributed by atoms with Gasteiger partial charge in [-0.1, -0.05) is 24.3 Å². The van der Waals surface area contributed by atoms with E-state index >= 15 is 0 Å². The lowest BCUT2D eigenvalue weighted by Gasteiger charge is -2.13. The summed E-state index contributed by atoms with van der Waals surface area (Å²) in [6.07, 6.45) is -2.72. The summed E-state index contributed by atoms with van der Waals surface area (Å²) in [5.41, 5.74) is 1.86. The number of aryl methyl sites for hydroxylation is 1. The van der Waals surface area contributed by atoms with Crippen LogP contribution in [0.1, 0.15) is 23.4 Å². The Labute approximate surface area is 161 Å². The fourth-order valence-electron chi connectivity index (χ4n) is 2.85. The van der Waals surface area contributed by atoms with Crippen LogP contribution in [0.3, 0.4) is 0 Å². The first kappa shape index (κ1) is 19.7. The Morgan fingerprint density at radius 2 is 1.93 bits per heavy atom. The van der Waals surface area contributed by atoms with Crippen molar-refractivity contribution in [1.82, 2.24) is 20.6 Å². The molecule has 8 heteroatoms. The van der Waals surface area contributed by atoms with Gasteiger partial charge in [-0.3, -0.25) is 4.99 Å². The Morgan fingerprint density at radius 3 is 2.68 bits per heavy atom. The van der Waals surface area contributed by atoms with Crippen LogP contribution in [0.4, 0.5) is 13.2 Å². The summed E-state index contributed by atoms with van der Waals surface area (Å²) in [5, 5.41) is 6.20. The molecule has 0 aliphatic rings. The molecule has 0 fully saturated rings. The van der Waals surface area contributed by atoms with Crippen LogP contribution in [0, 0.1) is 0 Å². The number of fused-ring (bicyclic) bond motifs is 1. The zero-order valence-corrected chi connectivity index (χ0v) is 15.5. The molecular formula is C20H22F3N5. The topological polar surface area (TPSA) is 65.1 Å². The molecule has 148 valence electrons. The molecule has 0 saturated carbocycles. The van der Waals surface area contributed by atoms with E-state index in [0.717, 1.165) is 41.8 Å². The lowest BCUT2D eigenvalue weighted by Crippen LogP contribution is -2.37. The standard InChI is InChI=1S/C20H22F3N5/c1-24-19(26-13-14-6-4-7-15(12-14)20(21,22)23)25-11-5-10-18-27-16-8-2-3-9-17(16)28-18/h2-4,6-9,12H,5,10-11,13H2,1H3,(H,27,28)(H2,24,25,26). The lowest BCUT2D eigenvalue weighted by molar-refractivity contribution is -0.137. The third-order valence-electron chi connectivity index (χ3n) is 4.26. The van der Waals surface area contributed by atoms with E-state index in [1.807, 2.05) is 24.3 Å². The number of aromatic amines is 1. The number of para-hydroxylation sites is 2. The van der Waals surface area contributed by atoms with Gasteiger partial charge in [0.1, 0.15) is 5.82 Å². The van der Waals surface area contributed by atoms with Crippen molar-refractivity contribution in [3.8, 4) is 0 Å². The average molecular weight is 389 g/mol. The van der Waals surface area contributed by atoms with Crippen LogP contribution >= 0.6 is 0 Å². The molecule has 3 N–H and O–H groups in total. The summed E-state index contributed by atoms with van der Waals surface area (Å²) < 4.78 is 38.3. The highest BCUT2D eigenvalue weighted by molar-refractivity contribution is 5.79. The monoisotopic (exact) mass is 389 g/mol. The number of alkyl halides is 3. The van der Waals surface area contributed by atoms with E-state index < -0.39 is 11.7 Å². The summed E-state index contributed by atoms with van der Waals surface area (Å²) >= 11 is 0. The van der Waals surface area contributed by atoms with Crippen LogP contribution in [0.2, 0.25) is 0 Å². The maximum Gasteiger partial charge on any atom is 0.416 e. The minimum atomic E-state index is -4.34. The van der Waals surface area contributed by atoms with Gasteiger partial charge in [0.2, 0.25) is 0 Å². The molecule has 0 bridgehead atoms. The quantitative estimate of drug-likeness (QED) is 0.341. The number of benzene rings is 2. The van der Waals surface area contributed by atoms with Gasteiger partial charge in [-0.15, -0.1) is 0 Å². The number of rotatable bonds is 6. The van der Waals surface area contributed by atoms with E-state index in [0.29, 0.717) is 18.1 Å². The first-order valence-corrected chi connectivity index (χ1v) is 9.00. The molecule has 2 aromatic carbocycles. The molecule has 0 saturated heterocycles. The smallest absolute Gasteiger partial charge is 0.356 e. The third kappa shape index (κ3) is 5.25. The normalized spacial score (nSPS) is 12.4. The van der Waals surface area contributed by atoms with Crippen molar-refractivity contribution in [3.05, 3.63) is 65.5 Å². The molecule has 5 nitrogen and oxygen atoms in total. The first-order valence-electron chi connectivity index (χ1n) is 9.00. The average Bonchev–Trinajstić information content (AvgIpc) is 3.10. The predicted octanol–water partition coefficient (Wildman–Crippen LogP) is 3.88. The molecule has 0 amide bonds. The van der Waals surface area contributed by atoms with E-state index in [1.54, 1.807) is 13.1 Å². The number of aliphatic imine (C=N–C) groups is 1. The fourth-order valence-corrected chi connectivity index (χ4v) is 2.85. The highest BCUT2D eigenvalue weighted by Gasteiger charge is 2.30. The van der Waals surface area contributed by atoms with Gasteiger partial charge in [0, 0.05) is 26.6 Å². The number of nitrogens with one attached hydrogen (secondary N) is 3. The van der Waals surface area contributed by atoms with Crippen LogP contribution in [-0.4, -0.2) is 29.5 Å². The molecule has 1 aromatic heterocycles. The van der Waals surface area contributed by atoms with Crippen molar-refractivity contribution in [2.75, 3.05) is 13.6 Å². The summed E-state index contributed by atoms with van der Waals surface area (Å²) in [6.45, 7) is 0.923. The summed E-state index contributed by atoms with van der Waals surface area (Å²) in [7, 11) is 1.63. The number of H-pyrrole nitrogens is 1. The van der Waals surface area contributed by atoms with Crippen LogP contribution in [-0.2, 0) is 19.1 Å². The van der Waals surface area contributed by atoms with Crippen molar-refractivity contribution >= 4 is 17.0 Å². The Morgan fingerprint density at radius 1 is 1.11 bits per heavy atom. The van der Waals surface area contributed by atoms with E-state index in [4.69, 9.17) is 0 Å². The number of halogens is 3. The van der Waals surface area contributed by atoms with Crippen LogP contribution in [0.15, 0.2) is 53.5 Å². The molecule has 0 aliphatic carbocycles. The number of nitrogens with zero attached hydrogens (tertiary/aromatic N) is 2. The van der Waals surface area contributed by atoms with Gasteiger partial charge in [0.25, 0.3) is 0 Å². The third-order valence-corrected chi connectivity index (χ3v) is 4.26. The molecule has 0 atom stereocenters. The van der Waals surface area contributed by atoms with Crippen molar-refractivity contribution in [2.45, 2.75) is 25.6 Å². The zero-order chi connectivity index (χ0) is 20.0. The van der Waals surface area contributed by atoms with Crippen LogP contribution in [0.5, 0.6) is 0 Å². The minimum absolute atomic E-state index is 0.257. The minimum Gasteiger partial charge on any atom is -0.356 e. The molecule has 0 aliphatic heterocycles. The van der Waals surface area contributed by atoms with Crippen LogP contribution in [0.25, 0.3) is 11.0 Å². The number of hydrogen-bond acceptors (Lipinski definition) is 2. The maximum absolute atomic E-state index is 12.8. The van der Waals surface area contributed by atoms with Crippen LogP contribution < -0.4 is 10.6 Å². The molecule has 0 unspecified atom stereocenters. The molecule has 0 spiro atoms. The molecule has 3 aromatic rings. The lowest BCUT2D eigenvalue weighted by atomic mass is 10.1. The van der Waals surface area contributed by atoms with E-state index in [-0.39, 0.29) is 6.54 Å². The van der Waals surface area contributed by atoms with Crippen molar-refractivity contribution in [3.63, 3.8) is 0 Å². The van der Waals surface area contributed by atoms with Gasteiger partial charge in [0.05, 0.1) is 16.6 Å².